The normalized spacial score (nSPS) is 16.9. The number of carboxylic acids is 1. The number of rotatable bonds is 9. The molecule has 0 saturated carbocycles. The number of aliphatic carboxylic acids is 1. The summed E-state index contributed by atoms with van der Waals surface area (Å²) in [7, 11) is 2.10. The minimum absolute atomic E-state index is 0.369. The summed E-state index contributed by atoms with van der Waals surface area (Å²) in [5.41, 5.74) is 1.76. The fourth-order valence-corrected chi connectivity index (χ4v) is 4.44. The van der Waals surface area contributed by atoms with Crippen LogP contribution in [0.1, 0.15) is 63.5 Å². The first kappa shape index (κ1) is 27.9. The number of hydrogen-bond donors (Lipinski definition) is 3. The number of likely N-dealkylation sites (tertiary alicyclic amines) is 1. The van der Waals surface area contributed by atoms with Crippen molar-refractivity contribution in [2.45, 2.75) is 64.0 Å². The molecule has 1 aliphatic heterocycles. The van der Waals surface area contributed by atoms with Gasteiger partial charge in [0.05, 0.1) is 17.3 Å². The van der Waals surface area contributed by atoms with Crippen LogP contribution in [0.3, 0.4) is 0 Å². The van der Waals surface area contributed by atoms with E-state index in [4.69, 9.17) is 4.74 Å². The van der Waals surface area contributed by atoms with E-state index < -0.39 is 23.6 Å². The summed E-state index contributed by atoms with van der Waals surface area (Å²) < 4.78 is 5.28. The smallest absolute Gasteiger partial charge is 0.412 e. The second kappa shape index (κ2) is 12.5. The van der Waals surface area contributed by atoms with Gasteiger partial charge in [-0.25, -0.2) is 4.79 Å². The zero-order valence-electron chi connectivity index (χ0n) is 22.0. The largest absolute Gasteiger partial charge is 0.481 e. The average molecular weight is 508 g/mol. The van der Waals surface area contributed by atoms with Gasteiger partial charge in [-0.1, -0.05) is 36.4 Å². The first-order chi connectivity index (χ1) is 17.5. The molecule has 37 heavy (non-hydrogen) atoms. The number of carbonyl (C=O) groups is 3. The number of ether oxygens (including phenoxy) is 1. The monoisotopic (exact) mass is 507 g/mol. The predicted molar refractivity (Wildman–Crippen MR) is 146 cm³/mol. The van der Waals surface area contributed by atoms with Crippen LogP contribution in [-0.2, 0) is 14.3 Å². The Morgan fingerprint density at radius 2 is 1.73 bits per heavy atom. The molecule has 0 spiro atoms. The van der Waals surface area contributed by atoms with Crippen molar-refractivity contribution in [2.24, 2.45) is 0 Å². The number of anilines is 2. The first-order valence-corrected chi connectivity index (χ1v) is 12.6. The molecule has 198 valence electrons. The van der Waals surface area contributed by atoms with Crippen molar-refractivity contribution in [2.75, 3.05) is 24.2 Å². The van der Waals surface area contributed by atoms with Crippen LogP contribution < -0.4 is 10.6 Å². The van der Waals surface area contributed by atoms with Crippen LogP contribution in [-0.4, -0.2) is 53.2 Å². The quantitative estimate of drug-likeness (QED) is 0.374. The van der Waals surface area contributed by atoms with Crippen molar-refractivity contribution in [3.05, 3.63) is 65.7 Å². The van der Waals surface area contributed by atoms with Gasteiger partial charge < -0.3 is 20.1 Å². The van der Waals surface area contributed by atoms with E-state index in [1.54, 1.807) is 51.1 Å². The van der Waals surface area contributed by atoms with Crippen LogP contribution >= 0.6 is 0 Å². The molecule has 8 heteroatoms. The molecule has 8 nitrogen and oxygen atoms in total. The predicted octanol–water partition coefficient (Wildman–Crippen LogP) is 5.73. The summed E-state index contributed by atoms with van der Waals surface area (Å²) in [6.07, 6.45) is 6.18. The number of amides is 2. The molecule has 2 aromatic carbocycles. The second-order valence-electron chi connectivity index (χ2n) is 10.4. The molecule has 2 atom stereocenters. The van der Waals surface area contributed by atoms with Gasteiger partial charge in [0.15, 0.2) is 0 Å². The average Bonchev–Trinajstić information content (AvgIpc) is 3.23. The second-order valence-corrected chi connectivity index (χ2v) is 10.4. The maximum Gasteiger partial charge on any atom is 0.412 e. The molecule has 0 radical (unpaired) electrons. The SMILES string of the molecule is CN1CCCC1CCC(C(=O)O)c1ccc(/C=C/C(=O)Nc2ccccc2NC(=O)OC(C)(C)C)cc1. The number of nitrogens with zero attached hydrogens (tertiary/aromatic N) is 1. The standard InChI is InChI=1S/C29H37N3O5/c1-29(2,3)37-28(36)31-25-10-6-5-9-24(25)30-26(33)18-13-20-11-14-21(15-12-20)23(27(34)35)17-16-22-8-7-19-32(22)4/h5-6,9-15,18,22-23H,7-8,16-17,19H2,1-4H3,(H,30,33)(H,31,36)(H,34,35)/b18-13+. The molecule has 1 saturated heterocycles. The maximum absolute atomic E-state index is 12.5. The topological polar surface area (TPSA) is 108 Å². The van der Waals surface area contributed by atoms with Crippen LogP contribution in [0.4, 0.5) is 16.2 Å². The highest BCUT2D eigenvalue weighted by molar-refractivity contribution is 6.05. The van der Waals surface area contributed by atoms with Crippen molar-refractivity contribution in [1.29, 1.82) is 0 Å². The van der Waals surface area contributed by atoms with Crippen molar-refractivity contribution in [3.63, 3.8) is 0 Å². The van der Waals surface area contributed by atoms with Crippen LogP contribution in [0, 0.1) is 0 Å². The van der Waals surface area contributed by atoms with E-state index >= 15 is 0 Å². The zero-order chi connectivity index (χ0) is 27.0. The number of carbonyl (C=O) groups excluding carboxylic acids is 2. The molecular weight excluding hydrogens is 470 g/mol. The fraction of sp³-hybridized carbons (Fsp3) is 0.414. The van der Waals surface area contributed by atoms with Gasteiger partial charge in [-0.2, -0.15) is 0 Å². The Labute approximate surface area is 218 Å². The van der Waals surface area contributed by atoms with E-state index in [0.29, 0.717) is 23.8 Å². The van der Waals surface area contributed by atoms with Gasteiger partial charge in [0.1, 0.15) is 5.60 Å². The summed E-state index contributed by atoms with van der Waals surface area (Å²) in [5.74, 6) is -1.74. The van der Waals surface area contributed by atoms with Gasteiger partial charge in [0, 0.05) is 12.1 Å². The summed E-state index contributed by atoms with van der Waals surface area (Å²) in [6, 6.07) is 14.6. The third kappa shape index (κ3) is 8.75. The van der Waals surface area contributed by atoms with Gasteiger partial charge in [-0.05, 0) is 89.4 Å². The Bertz CT molecular complexity index is 1120. The Balaban J connectivity index is 1.59. The van der Waals surface area contributed by atoms with E-state index in [1.807, 2.05) is 24.3 Å². The minimum atomic E-state index is -0.818. The molecule has 1 aliphatic rings. The van der Waals surface area contributed by atoms with Gasteiger partial charge in [0.25, 0.3) is 0 Å². The molecule has 2 aromatic rings. The summed E-state index contributed by atoms with van der Waals surface area (Å²) in [4.78, 5) is 38.9. The first-order valence-electron chi connectivity index (χ1n) is 12.6. The van der Waals surface area contributed by atoms with Crippen molar-refractivity contribution in [1.82, 2.24) is 4.90 Å². The third-order valence-electron chi connectivity index (χ3n) is 6.34. The summed E-state index contributed by atoms with van der Waals surface area (Å²) in [6.45, 7) is 6.39. The van der Waals surface area contributed by atoms with E-state index in [9.17, 15) is 19.5 Å². The molecule has 2 unspecified atom stereocenters. The summed E-state index contributed by atoms with van der Waals surface area (Å²) >= 11 is 0. The Morgan fingerprint density at radius 1 is 1.08 bits per heavy atom. The third-order valence-corrected chi connectivity index (χ3v) is 6.34. The van der Waals surface area contributed by atoms with E-state index in [2.05, 4.69) is 22.6 Å². The highest BCUT2D eigenvalue weighted by atomic mass is 16.6. The fourth-order valence-electron chi connectivity index (χ4n) is 4.44. The van der Waals surface area contributed by atoms with Gasteiger partial charge >= 0.3 is 12.1 Å². The zero-order valence-corrected chi connectivity index (χ0v) is 22.0. The molecule has 1 heterocycles. The van der Waals surface area contributed by atoms with Crippen LogP contribution in [0.2, 0.25) is 0 Å². The van der Waals surface area contributed by atoms with E-state index in [-0.39, 0.29) is 5.91 Å². The molecule has 0 bridgehead atoms. The molecule has 3 rings (SSSR count). The number of benzene rings is 2. The molecule has 1 fully saturated rings. The van der Waals surface area contributed by atoms with Gasteiger partial charge in [0.2, 0.25) is 5.91 Å². The Morgan fingerprint density at radius 3 is 2.30 bits per heavy atom. The van der Waals surface area contributed by atoms with Crippen molar-refractivity contribution < 1.29 is 24.2 Å². The lowest BCUT2D eigenvalue weighted by Crippen LogP contribution is -2.27. The maximum atomic E-state index is 12.5. The lowest BCUT2D eigenvalue weighted by atomic mass is 9.91. The number of para-hydroxylation sites is 2. The highest BCUT2D eigenvalue weighted by Gasteiger charge is 2.25. The number of hydrogen-bond acceptors (Lipinski definition) is 5. The van der Waals surface area contributed by atoms with Crippen molar-refractivity contribution >= 4 is 35.4 Å². The molecule has 0 aliphatic carbocycles. The van der Waals surface area contributed by atoms with E-state index in [0.717, 1.165) is 30.5 Å². The number of carboxylic acid groups (broad SMARTS) is 1. The Kier molecular flexibility index (Phi) is 9.47. The van der Waals surface area contributed by atoms with Crippen LogP contribution in [0.25, 0.3) is 6.08 Å². The Hall–Kier alpha value is -3.65. The van der Waals surface area contributed by atoms with Crippen LogP contribution in [0.15, 0.2) is 54.6 Å². The number of nitrogens with one attached hydrogen (secondary N) is 2. The van der Waals surface area contributed by atoms with Gasteiger partial charge in [-0.15, -0.1) is 0 Å². The lowest BCUT2D eigenvalue weighted by molar-refractivity contribution is -0.139. The lowest BCUT2D eigenvalue weighted by Gasteiger charge is -2.21. The minimum Gasteiger partial charge on any atom is -0.481 e. The molecule has 2 amide bonds. The summed E-state index contributed by atoms with van der Waals surface area (Å²) in [5, 5.41) is 15.2. The van der Waals surface area contributed by atoms with Gasteiger partial charge in [-0.3, -0.25) is 14.9 Å². The molecular formula is C29H37N3O5. The van der Waals surface area contributed by atoms with Crippen molar-refractivity contribution in [3.8, 4) is 0 Å². The highest BCUT2D eigenvalue weighted by Crippen LogP contribution is 2.27. The van der Waals surface area contributed by atoms with Crippen LogP contribution in [0.5, 0.6) is 0 Å². The molecule has 0 aromatic heterocycles. The van der Waals surface area contributed by atoms with E-state index in [1.165, 1.54) is 12.5 Å². The molecule has 3 N–H and O–H groups in total.